The van der Waals surface area contributed by atoms with Crippen molar-refractivity contribution in [3.05, 3.63) is 35.9 Å². The lowest BCUT2D eigenvalue weighted by Gasteiger charge is -2.07. The number of aryl methyl sites for hydroxylation is 4. The van der Waals surface area contributed by atoms with E-state index in [0.717, 1.165) is 28.0 Å². The minimum absolute atomic E-state index is 0.0931. The number of primary amides is 1. The van der Waals surface area contributed by atoms with Crippen molar-refractivity contribution in [3.8, 4) is 22.9 Å². The fourth-order valence-electron chi connectivity index (χ4n) is 3.55. The number of pyridine rings is 1. The minimum Gasteiger partial charge on any atom is -0.396 e. The summed E-state index contributed by atoms with van der Waals surface area (Å²) in [4.78, 5) is 21.2. The Hall–Kier alpha value is -3.53. The van der Waals surface area contributed by atoms with Crippen LogP contribution < -0.4 is 5.73 Å². The number of aliphatic hydroxyl groups excluding tert-OH is 1. The average molecular weight is 408 g/mol. The van der Waals surface area contributed by atoms with E-state index in [1.165, 1.54) is 0 Å². The monoisotopic (exact) mass is 408 g/mol. The number of fused-ring (bicyclic) bond motifs is 1. The maximum Gasteiger partial charge on any atom is 0.267 e. The quantitative estimate of drug-likeness (QED) is 0.477. The number of nitrogens with zero attached hydrogens (tertiary/aromatic N) is 7. The summed E-state index contributed by atoms with van der Waals surface area (Å²) in [6.07, 6.45) is 4.27. The molecule has 4 aromatic rings. The van der Waals surface area contributed by atoms with Gasteiger partial charge in [0.15, 0.2) is 5.82 Å². The summed E-state index contributed by atoms with van der Waals surface area (Å²) in [6.45, 7) is 5.29. The Kier molecular flexibility index (Phi) is 5.08. The Labute approximate surface area is 173 Å². The largest absolute Gasteiger partial charge is 0.396 e. The normalized spacial score (nSPS) is 11.5. The Bertz CT molecular complexity index is 1230. The number of imidazole rings is 1. The number of hydrogen-bond donors (Lipinski definition) is 2. The summed E-state index contributed by atoms with van der Waals surface area (Å²) in [5.74, 6) is 0.0213. The van der Waals surface area contributed by atoms with Crippen LogP contribution in [0, 0.1) is 6.92 Å². The lowest BCUT2D eigenvalue weighted by atomic mass is 10.2. The SMILES string of the molecule is CCn1cc(-c2cc(C)nn2CCCO)nc1-c1nc(C(N)=O)cc2c1cnn2C. The summed E-state index contributed by atoms with van der Waals surface area (Å²) < 4.78 is 5.51. The fourth-order valence-corrected chi connectivity index (χ4v) is 3.55. The van der Waals surface area contributed by atoms with Gasteiger partial charge in [0.1, 0.15) is 17.1 Å². The molecule has 156 valence electrons. The van der Waals surface area contributed by atoms with E-state index in [1.54, 1.807) is 24.0 Å². The molecule has 0 spiro atoms. The molecule has 4 rings (SSSR count). The zero-order valence-electron chi connectivity index (χ0n) is 17.2. The Morgan fingerprint density at radius 1 is 1.27 bits per heavy atom. The highest BCUT2D eigenvalue weighted by atomic mass is 16.3. The van der Waals surface area contributed by atoms with E-state index < -0.39 is 5.91 Å². The number of carbonyl (C=O) groups is 1. The second-order valence-electron chi connectivity index (χ2n) is 7.13. The highest BCUT2D eigenvalue weighted by molar-refractivity contribution is 5.99. The topological polar surface area (TPSA) is 130 Å². The molecule has 4 aromatic heterocycles. The Morgan fingerprint density at radius 2 is 2.07 bits per heavy atom. The summed E-state index contributed by atoms with van der Waals surface area (Å²) >= 11 is 0. The molecule has 30 heavy (non-hydrogen) atoms. The van der Waals surface area contributed by atoms with Gasteiger partial charge in [0.25, 0.3) is 5.91 Å². The highest BCUT2D eigenvalue weighted by Crippen LogP contribution is 2.30. The summed E-state index contributed by atoms with van der Waals surface area (Å²) in [5, 5.41) is 18.8. The van der Waals surface area contributed by atoms with Gasteiger partial charge in [-0.1, -0.05) is 0 Å². The number of hydrogen-bond acceptors (Lipinski definition) is 6. The summed E-state index contributed by atoms with van der Waals surface area (Å²) in [6, 6.07) is 3.61. The van der Waals surface area contributed by atoms with Crippen molar-refractivity contribution >= 4 is 16.8 Å². The van der Waals surface area contributed by atoms with Crippen LogP contribution in [0.2, 0.25) is 0 Å². The molecule has 4 heterocycles. The van der Waals surface area contributed by atoms with Gasteiger partial charge < -0.3 is 15.4 Å². The second kappa shape index (κ2) is 7.71. The van der Waals surface area contributed by atoms with Crippen molar-refractivity contribution in [2.24, 2.45) is 12.8 Å². The fraction of sp³-hybridized carbons (Fsp3) is 0.350. The number of nitrogens with two attached hydrogens (primary N) is 1. The zero-order valence-corrected chi connectivity index (χ0v) is 17.2. The van der Waals surface area contributed by atoms with Crippen LogP contribution in [0.25, 0.3) is 33.8 Å². The molecule has 0 atom stereocenters. The first kappa shape index (κ1) is 19.8. The van der Waals surface area contributed by atoms with Gasteiger partial charge in [-0.25, -0.2) is 9.97 Å². The molecule has 0 unspecified atom stereocenters. The first-order chi connectivity index (χ1) is 14.4. The maximum absolute atomic E-state index is 11.9. The van der Waals surface area contributed by atoms with E-state index in [9.17, 15) is 9.90 Å². The van der Waals surface area contributed by atoms with Crippen molar-refractivity contribution in [2.75, 3.05) is 6.61 Å². The molecule has 0 aromatic carbocycles. The summed E-state index contributed by atoms with van der Waals surface area (Å²) in [5.41, 5.74) is 9.47. The predicted octanol–water partition coefficient (Wildman–Crippen LogP) is 1.50. The van der Waals surface area contributed by atoms with Crippen LogP contribution in [0.4, 0.5) is 0 Å². The van der Waals surface area contributed by atoms with Crippen molar-refractivity contribution in [3.63, 3.8) is 0 Å². The molecule has 3 N–H and O–H groups in total. The van der Waals surface area contributed by atoms with E-state index in [-0.39, 0.29) is 12.3 Å². The molecule has 0 saturated carbocycles. The molecule has 10 nitrogen and oxygen atoms in total. The van der Waals surface area contributed by atoms with Gasteiger partial charge in [-0.3, -0.25) is 14.2 Å². The van der Waals surface area contributed by atoms with Gasteiger partial charge in [-0.2, -0.15) is 10.2 Å². The predicted molar refractivity (Wildman–Crippen MR) is 112 cm³/mol. The van der Waals surface area contributed by atoms with Crippen LogP contribution in [-0.2, 0) is 20.1 Å². The Morgan fingerprint density at radius 3 is 2.77 bits per heavy atom. The van der Waals surface area contributed by atoms with Gasteiger partial charge in [0.05, 0.1) is 23.1 Å². The van der Waals surface area contributed by atoms with Gasteiger partial charge in [0, 0.05) is 38.3 Å². The maximum atomic E-state index is 11.9. The third-order valence-electron chi connectivity index (χ3n) is 5.02. The molecule has 1 amide bonds. The molecular formula is C20H24N8O2. The van der Waals surface area contributed by atoms with Gasteiger partial charge in [-0.05, 0) is 32.4 Å². The number of carbonyl (C=O) groups excluding carboxylic acids is 1. The highest BCUT2D eigenvalue weighted by Gasteiger charge is 2.21. The second-order valence-corrected chi connectivity index (χ2v) is 7.13. The Balaban J connectivity index is 1.90. The first-order valence-electron chi connectivity index (χ1n) is 9.78. The van der Waals surface area contributed by atoms with E-state index in [4.69, 9.17) is 10.7 Å². The third-order valence-corrected chi connectivity index (χ3v) is 5.02. The molecule has 0 fully saturated rings. The molecule has 0 aliphatic heterocycles. The molecule has 0 radical (unpaired) electrons. The van der Waals surface area contributed by atoms with Crippen molar-refractivity contribution in [2.45, 2.75) is 33.4 Å². The number of amides is 1. The summed E-state index contributed by atoms with van der Waals surface area (Å²) in [7, 11) is 1.80. The molecule has 0 aliphatic rings. The standard InChI is InChI=1S/C20H24N8O2/c1-4-27-11-15(17-8-12(2)25-28(17)6-5-7-29)24-20(27)18-13-10-22-26(3)16(13)9-14(23-18)19(21)30/h8-11,29H,4-7H2,1-3H3,(H2,21,30). The van der Waals surface area contributed by atoms with E-state index in [1.807, 2.05) is 35.4 Å². The van der Waals surface area contributed by atoms with Crippen LogP contribution in [0.15, 0.2) is 24.5 Å². The lowest BCUT2D eigenvalue weighted by molar-refractivity contribution is 0.0996. The van der Waals surface area contributed by atoms with Crippen molar-refractivity contribution in [1.29, 1.82) is 0 Å². The van der Waals surface area contributed by atoms with Crippen LogP contribution >= 0.6 is 0 Å². The van der Waals surface area contributed by atoms with Crippen LogP contribution in [0.1, 0.15) is 29.5 Å². The van der Waals surface area contributed by atoms with Crippen LogP contribution in [0.5, 0.6) is 0 Å². The smallest absolute Gasteiger partial charge is 0.267 e. The van der Waals surface area contributed by atoms with Gasteiger partial charge >= 0.3 is 0 Å². The molecule has 0 bridgehead atoms. The van der Waals surface area contributed by atoms with Crippen LogP contribution in [0.3, 0.4) is 0 Å². The van der Waals surface area contributed by atoms with E-state index >= 15 is 0 Å². The number of rotatable bonds is 7. The minimum atomic E-state index is -0.605. The molecule has 0 aliphatic carbocycles. The number of aromatic nitrogens is 7. The van der Waals surface area contributed by atoms with Gasteiger partial charge in [-0.15, -0.1) is 0 Å². The van der Waals surface area contributed by atoms with Crippen molar-refractivity contribution < 1.29 is 9.90 Å². The average Bonchev–Trinajstić information content (AvgIpc) is 3.42. The molecule has 10 heteroatoms. The number of aliphatic hydroxyl groups is 1. The molecular weight excluding hydrogens is 384 g/mol. The van der Waals surface area contributed by atoms with Crippen molar-refractivity contribution in [1.82, 2.24) is 34.1 Å². The lowest BCUT2D eigenvalue weighted by Crippen LogP contribution is -2.14. The first-order valence-corrected chi connectivity index (χ1v) is 9.78. The van der Waals surface area contributed by atoms with E-state index in [0.29, 0.717) is 31.0 Å². The van der Waals surface area contributed by atoms with Crippen LogP contribution in [-0.4, -0.2) is 51.7 Å². The third kappa shape index (κ3) is 3.35. The zero-order chi connectivity index (χ0) is 21.4. The van der Waals surface area contributed by atoms with E-state index in [2.05, 4.69) is 15.2 Å². The van der Waals surface area contributed by atoms with Gasteiger partial charge in [0.2, 0.25) is 0 Å². The molecule has 0 saturated heterocycles.